The molecular weight excluding hydrogens is 268 g/mol. The zero-order valence-corrected chi connectivity index (χ0v) is 12.2. The lowest BCUT2D eigenvalue weighted by molar-refractivity contribution is 0.0896. The second-order valence-electron chi connectivity index (χ2n) is 4.84. The second-order valence-corrected chi connectivity index (χ2v) is 5.28. The fourth-order valence-electron chi connectivity index (χ4n) is 2.24. The van der Waals surface area contributed by atoms with Crippen LogP contribution in [0.1, 0.15) is 25.3 Å². The van der Waals surface area contributed by atoms with Crippen molar-refractivity contribution in [3.05, 3.63) is 59.1 Å². The van der Waals surface area contributed by atoms with Gasteiger partial charge in [0.1, 0.15) is 0 Å². The Morgan fingerprint density at radius 1 is 1.05 bits per heavy atom. The van der Waals surface area contributed by atoms with Crippen LogP contribution in [-0.4, -0.2) is 5.11 Å². The lowest BCUT2D eigenvalue weighted by Gasteiger charge is -2.22. The molecule has 1 N–H and O–H groups in total. The molecule has 2 rings (SSSR count). The fraction of sp³-hybridized carbons (Fsp3) is 0.222. The molecular formula is C18H17ClO. The van der Waals surface area contributed by atoms with Crippen LogP contribution in [0, 0.1) is 12.3 Å². The van der Waals surface area contributed by atoms with Crippen LogP contribution in [0.3, 0.4) is 0 Å². The highest BCUT2D eigenvalue weighted by Crippen LogP contribution is 2.28. The zero-order chi connectivity index (χ0) is 14.6. The van der Waals surface area contributed by atoms with Crippen molar-refractivity contribution in [2.75, 3.05) is 0 Å². The Kier molecular flexibility index (Phi) is 4.49. The van der Waals surface area contributed by atoms with E-state index in [0.29, 0.717) is 6.42 Å². The summed E-state index contributed by atoms with van der Waals surface area (Å²) in [6.07, 6.45) is 6.87. The van der Waals surface area contributed by atoms with Crippen molar-refractivity contribution in [2.45, 2.75) is 25.4 Å². The zero-order valence-electron chi connectivity index (χ0n) is 11.4. The van der Waals surface area contributed by atoms with Crippen molar-refractivity contribution in [3.8, 4) is 23.5 Å². The van der Waals surface area contributed by atoms with Crippen molar-refractivity contribution in [2.24, 2.45) is 0 Å². The van der Waals surface area contributed by atoms with Crippen LogP contribution in [0.25, 0.3) is 11.1 Å². The summed E-state index contributed by atoms with van der Waals surface area (Å²) in [4.78, 5) is 0. The van der Waals surface area contributed by atoms with E-state index in [1.807, 2.05) is 55.5 Å². The fourth-order valence-corrected chi connectivity index (χ4v) is 2.37. The average molecular weight is 285 g/mol. The first-order valence-electron chi connectivity index (χ1n) is 6.65. The van der Waals surface area contributed by atoms with Gasteiger partial charge in [-0.3, -0.25) is 0 Å². The maximum Gasteiger partial charge on any atom is 0.150 e. The molecule has 20 heavy (non-hydrogen) atoms. The van der Waals surface area contributed by atoms with Crippen LogP contribution < -0.4 is 0 Å². The van der Waals surface area contributed by atoms with Gasteiger partial charge in [-0.1, -0.05) is 67.3 Å². The molecule has 0 heterocycles. The Morgan fingerprint density at radius 3 is 2.00 bits per heavy atom. The van der Waals surface area contributed by atoms with Gasteiger partial charge in [-0.15, -0.1) is 6.42 Å². The monoisotopic (exact) mass is 284 g/mol. The molecule has 0 saturated heterocycles. The summed E-state index contributed by atoms with van der Waals surface area (Å²) in [6, 6.07) is 15.4. The van der Waals surface area contributed by atoms with Crippen molar-refractivity contribution in [1.82, 2.24) is 0 Å². The number of halogens is 1. The van der Waals surface area contributed by atoms with Gasteiger partial charge in [-0.25, -0.2) is 0 Å². The Hall–Kier alpha value is -1.75. The van der Waals surface area contributed by atoms with E-state index in [9.17, 15) is 5.11 Å². The quantitative estimate of drug-likeness (QED) is 0.812. The molecule has 102 valence electrons. The molecule has 0 spiro atoms. The van der Waals surface area contributed by atoms with E-state index in [2.05, 4.69) is 5.92 Å². The molecule has 1 atom stereocenters. The lowest BCUT2D eigenvalue weighted by atomic mass is 9.89. The minimum absolute atomic E-state index is 0.559. The summed E-state index contributed by atoms with van der Waals surface area (Å²) >= 11 is 5.88. The molecule has 0 aliphatic carbocycles. The van der Waals surface area contributed by atoms with Crippen molar-refractivity contribution in [3.63, 3.8) is 0 Å². The molecule has 0 aliphatic heterocycles. The predicted molar refractivity (Wildman–Crippen MR) is 84.5 cm³/mol. The smallest absolute Gasteiger partial charge is 0.150 e. The first kappa shape index (κ1) is 14.7. The average Bonchev–Trinajstić information content (AvgIpc) is 2.48. The van der Waals surface area contributed by atoms with Gasteiger partial charge in [0.05, 0.1) is 0 Å². The Morgan fingerprint density at radius 2 is 1.55 bits per heavy atom. The standard InChI is InChI=1S/C18H17ClO/c1-3-13-18(20,4-2)16-9-5-14(6-10-16)15-7-11-17(19)12-8-15/h2,5-12,20H,3,13H2,1H3. The summed E-state index contributed by atoms with van der Waals surface area (Å²) < 4.78 is 0. The van der Waals surface area contributed by atoms with Crippen LogP contribution in [-0.2, 0) is 5.60 Å². The Bertz CT molecular complexity index is 607. The van der Waals surface area contributed by atoms with Gasteiger partial charge in [-0.2, -0.15) is 0 Å². The number of hydrogen-bond acceptors (Lipinski definition) is 1. The lowest BCUT2D eigenvalue weighted by Crippen LogP contribution is -2.22. The van der Waals surface area contributed by atoms with E-state index in [1.165, 1.54) is 0 Å². The van der Waals surface area contributed by atoms with Gasteiger partial charge in [0, 0.05) is 5.02 Å². The second kappa shape index (κ2) is 6.13. The normalized spacial score (nSPS) is 13.5. The van der Waals surface area contributed by atoms with Gasteiger partial charge < -0.3 is 5.11 Å². The van der Waals surface area contributed by atoms with Crippen LogP contribution in [0.2, 0.25) is 5.02 Å². The molecule has 2 aromatic rings. The predicted octanol–water partition coefficient (Wildman–Crippen LogP) is 4.63. The largest absolute Gasteiger partial charge is 0.373 e. The van der Waals surface area contributed by atoms with Crippen molar-refractivity contribution in [1.29, 1.82) is 0 Å². The number of benzene rings is 2. The number of aliphatic hydroxyl groups is 1. The van der Waals surface area contributed by atoms with Crippen LogP contribution in [0.5, 0.6) is 0 Å². The first-order valence-corrected chi connectivity index (χ1v) is 7.03. The number of rotatable bonds is 4. The molecule has 0 aliphatic rings. The summed E-state index contributed by atoms with van der Waals surface area (Å²) in [5, 5.41) is 11.2. The minimum Gasteiger partial charge on any atom is -0.373 e. The van der Waals surface area contributed by atoms with Crippen LogP contribution >= 0.6 is 11.6 Å². The highest BCUT2D eigenvalue weighted by molar-refractivity contribution is 6.30. The topological polar surface area (TPSA) is 20.2 Å². The van der Waals surface area contributed by atoms with Gasteiger partial charge in [-0.05, 0) is 35.2 Å². The molecule has 2 heteroatoms. The van der Waals surface area contributed by atoms with Gasteiger partial charge in [0.2, 0.25) is 0 Å². The molecule has 0 fully saturated rings. The number of terminal acetylenes is 1. The SMILES string of the molecule is C#CC(O)(CCC)c1ccc(-c2ccc(Cl)cc2)cc1. The van der Waals surface area contributed by atoms with E-state index in [4.69, 9.17) is 18.0 Å². The molecule has 0 aromatic heterocycles. The highest BCUT2D eigenvalue weighted by atomic mass is 35.5. The van der Waals surface area contributed by atoms with E-state index >= 15 is 0 Å². The molecule has 0 saturated carbocycles. The van der Waals surface area contributed by atoms with Crippen molar-refractivity contribution < 1.29 is 5.11 Å². The van der Waals surface area contributed by atoms with Crippen LogP contribution in [0.4, 0.5) is 0 Å². The maximum atomic E-state index is 10.4. The Labute approximate surface area is 125 Å². The van der Waals surface area contributed by atoms with Gasteiger partial charge in [0.25, 0.3) is 0 Å². The van der Waals surface area contributed by atoms with Crippen LogP contribution in [0.15, 0.2) is 48.5 Å². The van der Waals surface area contributed by atoms with E-state index in [-0.39, 0.29) is 0 Å². The summed E-state index contributed by atoms with van der Waals surface area (Å²) in [5.41, 5.74) is 1.74. The summed E-state index contributed by atoms with van der Waals surface area (Å²) in [6.45, 7) is 2.00. The van der Waals surface area contributed by atoms with Gasteiger partial charge in [0.15, 0.2) is 5.60 Å². The third-order valence-electron chi connectivity index (χ3n) is 3.39. The third kappa shape index (κ3) is 3.04. The maximum absolute atomic E-state index is 10.4. The summed E-state index contributed by atoms with van der Waals surface area (Å²) in [5.74, 6) is 2.50. The molecule has 0 bridgehead atoms. The third-order valence-corrected chi connectivity index (χ3v) is 3.64. The molecule has 1 unspecified atom stereocenters. The van der Waals surface area contributed by atoms with E-state index in [0.717, 1.165) is 28.1 Å². The highest BCUT2D eigenvalue weighted by Gasteiger charge is 2.25. The first-order chi connectivity index (χ1) is 9.59. The summed E-state index contributed by atoms with van der Waals surface area (Å²) in [7, 11) is 0. The Balaban J connectivity index is 2.31. The van der Waals surface area contributed by atoms with Crippen molar-refractivity contribution >= 4 is 11.6 Å². The molecule has 2 aromatic carbocycles. The molecule has 0 amide bonds. The van der Waals surface area contributed by atoms with E-state index < -0.39 is 5.60 Å². The number of hydrogen-bond donors (Lipinski definition) is 1. The molecule has 0 radical (unpaired) electrons. The minimum atomic E-state index is -1.17. The van der Waals surface area contributed by atoms with Gasteiger partial charge >= 0.3 is 0 Å². The van der Waals surface area contributed by atoms with E-state index in [1.54, 1.807) is 0 Å². The molecule has 1 nitrogen and oxygen atoms in total.